The molecular formula is C10H13N3O2. The molecule has 1 saturated heterocycles. The predicted octanol–water partition coefficient (Wildman–Crippen LogP) is 0.197. The molecule has 0 radical (unpaired) electrons. The summed E-state index contributed by atoms with van der Waals surface area (Å²) in [6.45, 7) is 2.24. The Morgan fingerprint density at radius 1 is 1.60 bits per heavy atom. The fourth-order valence-electron chi connectivity index (χ4n) is 2.29. The lowest BCUT2D eigenvalue weighted by atomic mass is 10.0. The minimum absolute atomic E-state index is 0.0734. The van der Waals surface area contributed by atoms with E-state index in [9.17, 15) is 4.79 Å². The average molecular weight is 207 g/mol. The molecule has 15 heavy (non-hydrogen) atoms. The molecule has 0 aliphatic carbocycles. The molecule has 1 aromatic rings. The highest BCUT2D eigenvalue weighted by Gasteiger charge is 2.32. The molecule has 1 N–H and O–H groups in total. The van der Waals surface area contributed by atoms with E-state index >= 15 is 0 Å². The van der Waals surface area contributed by atoms with Crippen LogP contribution in [0, 0.1) is 0 Å². The topological polar surface area (TPSA) is 58.2 Å². The average Bonchev–Trinajstić information content (AvgIpc) is 2.87. The summed E-state index contributed by atoms with van der Waals surface area (Å²) in [5.74, 6) is 0.0734. The van der Waals surface area contributed by atoms with Gasteiger partial charge in [-0.2, -0.15) is 5.10 Å². The van der Waals surface area contributed by atoms with Crippen LogP contribution in [0.2, 0.25) is 0 Å². The molecule has 1 fully saturated rings. The van der Waals surface area contributed by atoms with Crippen LogP contribution in [0.25, 0.3) is 0 Å². The Morgan fingerprint density at radius 3 is 3.33 bits per heavy atom. The number of rotatable bonds is 1. The van der Waals surface area contributed by atoms with Gasteiger partial charge >= 0.3 is 0 Å². The molecule has 2 aliphatic heterocycles. The zero-order valence-corrected chi connectivity index (χ0v) is 8.40. The maximum absolute atomic E-state index is 12.1. The van der Waals surface area contributed by atoms with Crippen molar-refractivity contribution in [2.24, 2.45) is 0 Å². The first kappa shape index (κ1) is 8.91. The second-order valence-corrected chi connectivity index (χ2v) is 4.04. The third kappa shape index (κ3) is 1.34. The van der Waals surface area contributed by atoms with E-state index in [2.05, 4.69) is 10.2 Å². The van der Waals surface area contributed by atoms with E-state index in [1.165, 1.54) is 0 Å². The number of nitrogens with zero attached hydrogens (tertiary/aromatic N) is 2. The van der Waals surface area contributed by atoms with Crippen molar-refractivity contribution in [1.82, 2.24) is 15.1 Å². The molecule has 5 nitrogen and oxygen atoms in total. The van der Waals surface area contributed by atoms with Crippen molar-refractivity contribution >= 4 is 5.91 Å². The second kappa shape index (κ2) is 3.34. The number of carbonyl (C=O) groups is 1. The van der Waals surface area contributed by atoms with Crippen molar-refractivity contribution in [3.63, 3.8) is 0 Å². The Morgan fingerprint density at radius 2 is 2.53 bits per heavy atom. The van der Waals surface area contributed by atoms with E-state index in [0.717, 1.165) is 31.6 Å². The van der Waals surface area contributed by atoms with Crippen LogP contribution in [0.3, 0.4) is 0 Å². The minimum Gasteiger partial charge on any atom is -0.379 e. The Hall–Kier alpha value is -1.36. The third-order valence-electron chi connectivity index (χ3n) is 3.16. The lowest BCUT2D eigenvalue weighted by molar-refractivity contribution is 0.0629. The van der Waals surface area contributed by atoms with Gasteiger partial charge < -0.3 is 9.64 Å². The van der Waals surface area contributed by atoms with Crippen LogP contribution in [0.5, 0.6) is 0 Å². The standard InChI is InChI=1S/C10H13N3O2/c14-10-9-7(5-11-12-9)1-3-13(10)8-2-4-15-6-8/h5,8H,1-4,6H2,(H,11,12)/t8-/m1/s1. The van der Waals surface area contributed by atoms with Gasteiger partial charge in [0.2, 0.25) is 0 Å². The second-order valence-electron chi connectivity index (χ2n) is 4.04. The normalized spacial score (nSPS) is 25.7. The number of aromatic amines is 1. The smallest absolute Gasteiger partial charge is 0.272 e. The van der Waals surface area contributed by atoms with E-state index in [4.69, 9.17) is 4.74 Å². The molecule has 0 spiro atoms. The highest BCUT2D eigenvalue weighted by atomic mass is 16.5. The van der Waals surface area contributed by atoms with Crippen LogP contribution < -0.4 is 0 Å². The van der Waals surface area contributed by atoms with Crippen LogP contribution in [-0.4, -0.2) is 46.8 Å². The Labute approximate surface area is 87.4 Å². The number of hydrogen-bond acceptors (Lipinski definition) is 3. The number of ether oxygens (including phenoxy) is 1. The van der Waals surface area contributed by atoms with Gasteiger partial charge in [-0.25, -0.2) is 0 Å². The number of aromatic nitrogens is 2. The van der Waals surface area contributed by atoms with Gasteiger partial charge in [-0.15, -0.1) is 0 Å². The summed E-state index contributed by atoms with van der Waals surface area (Å²) in [5.41, 5.74) is 1.70. The van der Waals surface area contributed by atoms with Crippen molar-refractivity contribution in [1.29, 1.82) is 0 Å². The van der Waals surface area contributed by atoms with Gasteiger partial charge in [0.15, 0.2) is 0 Å². The number of hydrogen-bond donors (Lipinski definition) is 1. The molecule has 0 bridgehead atoms. The first-order valence-electron chi connectivity index (χ1n) is 5.27. The molecule has 0 unspecified atom stereocenters. The van der Waals surface area contributed by atoms with E-state index in [1.807, 2.05) is 4.90 Å². The summed E-state index contributed by atoms with van der Waals surface area (Å²) in [5, 5.41) is 6.69. The molecule has 3 heterocycles. The summed E-state index contributed by atoms with van der Waals surface area (Å²) in [6.07, 6.45) is 3.60. The molecule has 2 aliphatic rings. The van der Waals surface area contributed by atoms with E-state index < -0.39 is 0 Å². The first-order valence-corrected chi connectivity index (χ1v) is 5.27. The van der Waals surface area contributed by atoms with Crippen molar-refractivity contribution in [3.05, 3.63) is 17.5 Å². The van der Waals surface area contributed by atoms with Gasteiger partial charge in [0.1, 0.15) is 5.69 Å². The van der Waals surface area contributed by atoms with Gasteiger partial charge in [0.25, 0.3) is 5.91 Å². The van der Waals surface area contributed by atoms with Gasteiger partial charge in [0, 0.05) is 18.7 Å². The van der Waals surface area contributed by atoms with Crippen LogP contribution in [0.15, 0.2) is 6.20 Å². The molecule has 0 aromatic carbocycles. The summed E-state index contributed by atoms with van der Waals surface area (Å²) >= 11 is 0. The summed E-state index contributed by atoms with van der Waals surface area (Å²) in [6, 6.07) is 0.258. The van der Waals surface area contributed by atoms with Crippen LogP contribution in [-0.2, 0) is 11.2 Å². The lowest BCUT2D eigenvalue weighted by Gasteiger charge is -2.30. The zero-order chi connectivity index (χ0) is 10.3. The molecular weight excluding hydrogens is 194 g/mol. The van der Waals surface area contributed by atoms with Crippen molar-refractivity contribution < 1.29 is 9.53 Å². The molecule has 1 aromatic heterocycles. The van der Waals surface area contributed by atoms with Crippen LogP contribution in [0.1, 0.15) is 22.5 Å². The summed E-state index contributed by atoms with van der Waals surface area (Å²) in [4.78, 5) is 14.0. The van der Waals surface area contributed by atoms with Crippen molar-refractivity contribution in [2.75, 3.05) is 19.8 Å². The Bertz CT molecular complexity index is 382. The third-order valence-corrected chi connectivity index (χ3v) is 3.16. The molecule has 80 valence electrons. The van der Waals surface area contributed by atoms with Gasteiger partial charge in [-0.05, 0) is 12.8 Å². The fraction of sp³-hybridized carbons (Fsp3) is 0.600. The highest BCUT2D eigenvalue weighted by molar-refractivity contribution is 5.94. The SMILES string of the molecule is O=C1c2[nH]ncc2CCN1[C@@H]1CCOC1. The first-order chi connectivity index (χ1) is 7.36. The van der Waals surface area contributed by atoms with Gasteiger partial charge in [-0.3, -0.25) is 9.89 Å². The summed E-state index contributed by atoms with van der Waals surface area (Å²) in [7, 11) is 0. The molecule has 1 atom stereocenters. The quantitative estimate of drug-likeness (QED) is 0.715. The van der Waals surface area contributed by atoms with Crippen molar-refractivity contribution in [2.45, 2.75) is 18.9 Å². The van der Waals surface area contributed by atoms with E-state index in [-0.39, 0.29) is 11.9 Å². The van der Waals surface area contributed by atoms with E-state index in [1.54, 1.807) is 6.20 Å². The van der Waals surface area contributed by atoms with Crippen LogP contribution in [0.4, 0.5) is 0 Å². The summed E-state index contributed by atoms with van der Waals surface area (Å²) < 4.78 is 5.31. The molecule has 0 saturated carbocycles. The molecule has 1 amide bonds. The molecule has 3 rings (SSSR count). The fourth-order valence-corrected chi connectivity index (χ4v) is 2.29. The number of fused-ring (bicyclic) bond motifs is 1. The van der Waals surface area contributed by atoms with Gasteiger partial charge in [-0.1, -0.05) is 0 Å². The zero-order valence-electron chi connectivity index (χ0n) is 8.40. The highest BCUT2D eigenvalue weighted by Crippen LogP contribution is 2.21. The number of H-pyrrole nitrogens is 1. The lowest BCUT2D eigenvalue weighted by Crippen LogP contribution is -2.45. The number of nitrogens with one attached hydrogen (secondary N) is 1. The number of carbonyl (C=O) groups excluding carboxylic acids is 1. The Kier molecular flexibility index (Phi) is 1.98. The van der Waals surface area contributed by atoms with Crippen LogP contribution >= 0.6 is 0 Å². The maximum atomic E-state index is 12.1. The number of amides is 1. The maximum Gasteiger partial charge on any atom is 0.272 e. The van der Waals surface area contributed by atoms with E-state index in [0.29, 0.717) is 12.3 Å². The largest absolute Gasteiger partial charge is 0.379 e. The Balaban J connectivity index is 1.86. The minimum atomic E-state index is 0.0734. The van der Waals surface area contributed by atoms with Gasteiger partial charge in [0.05, 0.1) is 18.8 Å². The molecule has 5 heteroatoms. The van der Waals surface area contributed by atoms with Crippen molar-refractivity contribution in [3.8, 4) is 0 Å². The predicted molar refractivity (Wildman–Crippen MR) is 52.6 cm³/mol. The monoisotopic (exact) mass is 207 g/mol.